The fraction of sp³-hybridized carbons (Fsp3) is 0.875. The molecule has 2 atom stereocenters. The minimum atomic E-state index is -1.49. The average Bonchev–Trinajstić information content (AvgIpc) is 2.24. The lowest BCUT2D eigenvalue weighted by Gasteiger charge is -2.27. The predicted molar refractivity (Wildman–Crippen MR) is 49.6 cm³/mol. The molecule has 0 aromatic heterocycles. The highest BCUT2D eigenvalue weighted by atomic mass is 16.6. The molecule has 0 saturated heterocycles. The first-order valence-corrected chi connectivity index (χ1v) is 4.28. The van der Waals surface area contributed by atoms with Crippen molar-refractivity contribution in [3.05, 3.63) is 0 Å². The SMILES string of the molecule is [B][C@@H](CO)O[C@](C#N)(CO)COCC. The lowest BCUT2D eigenvalue weighted by molar-refractivity contribution is -0.107. The second-order valence-corrected chi connectivity index (χ2v) is 2.74. The fourth-order valence-electron chi connectivity index (χ4n) is 0.805. The van der Waals surface area contributed by atoms with E-state index in [0.29, 0.717) is 6.61 Å². The van der Waals surface area contributed by atoms with Gasteiger partial charge in [-0.1, -0.05) is 0 Å². The van der Waals surface area contributed by atoms with E-state index in [0.717, 1.165) is 0 Å². The van der Waals surface area contributed by atoms with E-state index < -0.39 is 24.8 Å². The van der Waals surface area contributed by atoms with Crippen molar-refractivity contribution in [1.82, 2.24) is 0 Å². The molecule has 2 N–H and O–H groups in total. The summed E-state index contributed by atoms with van der Waals surface area (Å²) in [5.74, 6) is 0. The highest BCUT2D eigenvalue weighted by molar-refractivity contribution is 6.11. The molecule has 14 heavy (non-hydrogen) atoms. The van der Waals surface area contributed by atoms with Gasteiger partial charge in [0.25, 0.3) is 0 Å². The van der Waals surface area contributed by atoms with Crippen molar-refractivity contribution in [2.45, 2.75) is 18.5 Å². The molecule has 0 aromatic rings. The van der Waals surface area contributed by atoms with Gasteiger partial charge in [0.15, 0.2) is 5.60 Å². The molecule has 0 spiro atoms. The van der Waals surface area contributed by atoms with Crippen molar-refractivity contribution in [1.29, 1.82) is 5.26 Å². The van der Waals surface area contributed by atoms with Crippen LogP contribution in [0, 0.1) is 11.3 Å². The molecule has 0 heterocycles. The second-order valence-electron chi connectivity index (χ2n) is 2.74. The van der Waals surface area contributed by atoms with Crippen molar-refractivity contribution in [2.24, 2.45) is 0 Å². The predicted octanol–water partition coefficient (Wildman–Crippen LogP) is -1.22. The Kier molecular flexibility index (Phi) is 6.50. The smallest absolute Gasteiger partial charge is 0.199 e. The standard InChI is InChI=1S/C8H14BNO4/c1-2-13-6-8(4-10,5-12)14-7(9)3-11/h7,11-12H,2-3,5-6H2,1H3/t7-,8-/m1/s1. The number of hydrogen-bond donors (Lipinski definition) is 2. The van der Waals surface area contributed by atoms with E-state index in [1.807, 2.05) is 0 Å². The number of nitrogens with zero attached hydrogens (tertiary/aromatic N) is 1. The lowest BCUT2D eigenvalue weighted by atomic mass is 9.99. The maximum atomic E-state index is 8.98. The van der Waals surface area contributed by atoms with Crippen LogP contribution in [0.15, 0.2) is 0 Å². The van der Waals surface area contributed by atoms with Crippen LogP contribution >= 0.6 is 0 Å². The third-order valence-corrected chi connectivity index (χ3v) is 1.56. The van der Waals surface area contributed by atoms with Gasteiger partial charge in [-0.25, -0.2) is 0 Å². The zero-order chi connectivity index (χ0) is 11.0. The second kappa shape index (κ2) is 6.79. The van der Waals surface area contributed by atoms with Gasteiger partial charge in [0.1, 0.15) is 13.9 Å². The van der Waals surface area contributed by atoms with Crippen molar-refractivity contribution >= 4 is 7.85 Å². The van der Waals surface area contributed by atoms with Gasteiger partial charge < -0.3 is 19.7 Å². The summed E-state index contributed by atoms with van der Waals surface area (Å²) < 4.78 is 9.96. The maximum absolute atomic E-state index is 8.98. The van der Waals surface area contributed by atoms with Crippen LogP contribution in [0.2, 0.25) is 0 Å². The molecule has 0 amide bonds. The van der Waals surface area contributed by atoms with Gasteiger partial charge in [0.2, 0.25) is 0 Å². The van der Waals surface area contributed by atoms with E-state index >= 15 is 0 Å². The van der Waals surface area contributed by atoms with Gasteiger partial charge in [-0.3, -0.25) is 0 Å². The number of nitriles is 1. The number of ether oxygens (including phenoxy) is 2. The first kappa shape index (κ1) is 13.4. The third-order valence-electron chi connectivity index (χ3n) is 1.56. The highest BCUT2D eigenvalue weighted by Crippen LogP contribution is 2.12. The quantitative estimate of drug-likeness (QED) is 0.502. The van der Waals surface area contributed by atoms with Crippen LogP contribution in [-0.2, 0) is 9.47 Å². The molecule has 0 bridgehead atoms. The molecule has 0 aliphatic heterocycles. The first-order chi connectivity index (χ1) is 6.64. The van der Waals surface area contributed by atoms with Crippen LogP contribution in [0.5, 0.6) is 0 Å². The highest BCUT2D eigenvalue weighted by Gasteiger charge is 2.32. The van der Waals surface area contributed by atoms with Crippen LogP contribution in [0.1, 0.15) is 6.92 Å². The minimum absolute atomic E-state index is 0.0792. The van der Waals surface area contributed by atoms with Crippen LogP contribution in [0.4, 0.5) is 0 Å². The Morgan fingerprint density at radius 1 is 1.57 bits per heavy atom. The van der Waals surface area contributed by atoms with E-state index in [-0.39, 0.29) is 6.61 Å². The normalized spacial score (nSPS) is 17.0. The molecular weight excluding hydrogens is 185 g/mol. The summed E-state index contributed by atoms with van der Waals surface area (Å²) in [6, 6.07) is 0.779. The molecule has 0 fully saturated rings. The Hall–Kier alpha value is -0.605. The van der Waals surface area contributed by atoms with E-state index in [9.17, 15) is 0 Å². The van der Waals surface area contributed by atoms with Crippen LogP contribution < -0.4 is 0 Å². The van der Waals surface area contributed by atoms with E-state index in [2.05, 4.69) is 0 Å². The lowest BCUT2D eigenvalue weighted by Crippen LogP contribution is -2.44. The summed E-state index contributed by atoms with van der Waals surface area (Å²) in [6.45, 7) is 1.13. The Labute approximate surface area is 84.7 Å². The topological polar surface area (TPSA) is 82.7 Å². The molecule has 0 aliphatic carbocycles. The van der Waals surface area contributed by atoms with Crippen molar-refractivity contribution < 1.29 is 19.7 Å². The van der Waals surface area contributed by atoms with Crippen LogP contribution in [-0.4, -0.2) is 56.1 Å². The number of aliphatic hydroxyl groups excluding tert-OH is 2. The molecule has 5 nitrogen and oxygen atoms in total. The van der Waals surface area contributed by atoms with Gasteiger partial charge in [-0.15, -0.1) is 0 Å². The molecule has 6 heteroatoms. The third kappa shape index (κ3) is 4.07. The molecule has 0 aromatic carbocycles. The van der Waals surface area contributed by atoms with Gasteiger partial charge in [-0.2, -0.15) is 5.26 Å². The summed E-state index contributed by atoms with van der Waals surface area (Å²) in [5.41, 5.74) is -1.49. The van der Waals surface area contributed by atoms with Gasteiger partial charge in [0.05, 0.1) is 19.8 Å². The maximum Gasteiger partial charge on any atom is 0.199 e. The van der Waals surface area contributed by atoms with Crippen LogP contribution in [0.25, 0.3) is 0 Å². The first-order valence-electron chi connectivity index (χ1n) is 4.28. The molecule has 0 saturated carbocycles. The summed E-state index contributed by atoms with van der Waals surface area (Å²) in [6.07, 6.45) is 0. The molecular formula is C8H14BNO4. The molecule has 0 aliphatic rings. The zero-order valence-corrected chi connectivity index (χ0v) is 8.14. The van der Waals surface area contributed by atoms with E-state index in [1.165, 1.54) is 0 Å². The van der Waals surface area contributed by atoms with Crippen molar-refractivity contribution in [3.8, 4) is 6.07 Å². The Morgan fingerprint density at radius 2 is 2.21 bits per heavy atom. The summed E-state index contributed by atoms with van der Waals surface area (Å²) in [7, 11) is 5.29. The summed E-state index contributed by atoms with van der Waals surface area (Å²) in [5, 5.41) is 26.4. The molecule has 78 valence electrons. The van der Waals surface area contributed by atoms with E-state index in [1.54, 1.807) is 13.0 Å². The Balaban J connectivity index is 4.30. The zero-order valence-electron chi connectivity index (χ0n) is 8.14. The largest absolute Gasteiger partial charge is 0.395 e. The number of rotatable bonds is 7. The average molecular weight is 199 g/mol. The van der Waals surface area contributed by atoms with Gasteiger partial charge in [0, 0.05) is 12.6 Å². The number of hydrogen-bond acceptors (Lipinski definition) is 5. The molecule has 2 radical (unpaired) electrons. The van der Waals surface area contributed by atoms with E-state index in [4.69, 9.17) is 32.8 Å². The Bertz CT molecular complexity index is 196. The Morgan fingerprint density at radius 3 is 2.57 bits per heavy atom. The van der Waals surface area contributed by atoms with Crippen molar-refractivity contribution in [3.63, 3.8) is 0 Å². The summed E-state index contributed by atoms with van der Waals surface area (Å²) in [4.78, 5) is 0. The van der Waals surface area contributed by atoms with Gasteiger partial charge >= 0.3 is 0 Å². The van der Waals surface area contributed by atoms with Crippen LogP contribution in [0.3, 0.4) is 0 Å². The van der Waals surface area contributed by atoms with Gasteiger partial charge in [-0.05, 0) is 6.92 Å². The van der Waals surface area contributed by atoms with Crippen molar-refractivity contribution in [2.75, 3.05) is 26.4 Å². The molecule has 0 unspecified atom stereocenters. The molecule has 0 rings (SSSR count). The minimum Gasteiger partial charge on any atom is -0.395 e. The number of aliphatic hydroxyl groups is 2. The summed E-state index contributed by atoms with van der Waals surface area (Å²) >= 11 is 0. The monoisotopic (exact) mass is 199 g/mol. The fourth-order valence-corrected chi connectivity index (χ4v) is 0.805.